The van der Waals surface area contributed by atoms with Crippen LogP contribution in [0.25, 0.3) is 0 Å². The molecule has 6 heteroatoms. The molecule has 1 heterocycles. The van der Waals surface area contributed by atoms with Crippen LogP contribution in [0.2, 0.25) is 0 Å². The summed E-state index contributed by atoms with van der Waals surface area (Å²) in [5.41, 5.74) is 1.20. The van der Waals surface area contributed by atoms with Crippen molar-refractivity contribution in [3.63, 3.8) is 0 Å². The van der Waals surface area contributed by atoms with Gasteiger partial charge in [-0.05, 0) is 37.5 Å². The molecule has 27 heavy (non-hydrogen) atoms. The molecule has 2 amide bonds. The Morgan fingerprint density at radius 1 is 1.04 bits per heavy atom. The molecule has 1 unspecified atom stereocenters. The quantitative estimate of drug-likeness (QED) is 0.812. The molecule has 1 atom stereocenters. The van der Waals surface area contributed by atoms with Gasteiger partial charge in [-0.2, -0.15) is 0 Å². The van der Waals surface area contributed by atoms with E-state index in [1.165, 1.54) is 6.07 Å². The number of carbonyl (C=O) groups excluding carboxylic acids is 2. The van der Waals surface area contributed by atoms with Gasteiger partial charge in [0.05, 0.1) is 6.04 Å². The maximum absolute atomic E-state index is 13.4. The molecule has 1 saturated heterocycles. The number of piperidine rings is 1. The molecule has 0 aromatic heterocycles. The molecule has 1 N–H and O–H groups in total. The lowest BCUT2D eigenvalue weighted by Crippen LogP contribution is -2.46. The van der Waals surface area contributed by atoms with Gasteiger partial charge in [0.15, 0.2) is 17.4 Å². The van der Waals surface area contributed by atoms with Crippen LogP contribution in [-0.2, 0) is 0 Å². The first-order valence-electron chi connectivity index (χ1n) is 9.05. The summed E-state index contributed by atoms with van der Waals surface area (Å²) < 4.78 is 26.4. The van der Waals surface area contributed by atoms with Crippen LogP contribution >= 0.6 is 0 Å². The van der Waals surface area contributed by atoms with E-state index in [4.69, 9.17) is 0 Å². The van der Waals surface area contributed by atoms with Crippen LogP contribution in [0.4, 0.5) is 13.6 Å². The van der Waals surface area contributed by atoms with Crippen molar-refractivity contribution in [2.75, 3.05) is 13.1 Å². The molecule has 2 aromatic carbocycles. The SMILES string of the molecule is CC(NC(=O)N1CCC(C(=O)c2ccccc2)CC1)c1ccc(F)c(F)c1. The van der Waals surface area contributed by atoms with E-state index < -0.39 is 17.7 Å². The van der Waals surface area contributed by atoms with Crippen LogP contribution in [0.3, 0.4) is 0 Å². The monoisotopic (exact) mass is 372 g/mol. The number of ketones is 1. The van der Waals surface area contributed by atoms with Gasteiger partial charge >= 0.3 is 6.03 Å². The van der Waals surface area contributed by atoms with Crippen molar-refractivity contribution in [2.45, 2.75) is 25.8 Å². The third kappa shape index (κ3) is 4.51. The number of Topliss-reactive ketones (excluding diaryl/α,β-unsaturated/α-hetero) is 1. The van der Waals surface area contributed by atoms with E-state index in [1.807, 2.05) is 30.3 Å². The minimum Gasteiger partial charge on any atom is -0.331 e. The predicted octanol–water partition coefficient (Wildman–Crippen LogP) is 4.33. The van der Waals surface area contributed by atoms with Gasteiger partial charge in [0.1, 0.15) is 0 Å². The second-order valence-electron chi connectivity index (χ2n) is 6.84. The maximum atomic E-state index is 13.4. The summed E-state index contributed by atoms with van der Waals surface area (Å²) in [5.74, 6) is -1.82. The zero-order chi connectivity index (χ0) is 19.4. The van der Waals surface area contributed by atoms with E-state index in [0.717, 1.165) is 12.1 Å². The number of hydrogen-bond acceptors (Lipinski definition) is 2. The van der Waals surface area contributed by atoms with Gasteiger partial charge in [0, 0.05) is 24.6 Å². The van der Waals surface area contributed by atoms with Crippen molar-refractivity contribution in [3.05, 3.63) is 71.3 Å². The molecule has 142 valence electrons. The van der Waals surface area contributed by atoms with Gasteiger partial charge < -0.3 is 10.2 Å². The van der Waals surface area contributed by atoms with Crippen molar-refractivity contribution in [1.82, 2.24) is 10.2 Å². The molecule has 2 aromatic rings. The molecule has 0 spiro atoms. The largest absolute Gasteiger partial charge is 0.331 e. The number of carbonyl (C=O) groups is 2. The molecular formula is C21H22F2N2O2. The average Bonchev–Trinajstić information content (AvgIpc) is 2.70. The molecule has 1 aliphatic rings. The molecule has 0 radical (unpaired) electrons. The first-order valence-corrected chi connectivity index (χ1v) is 9.05. The normalized spacial score (nSPS) is 16.0. The van der Waals surface area contributed by atoms with Crippen LogP contribution < -0.4 is 5.32 Å². The summed E-state index contributed by atoms with van der Waals surface area (Å²) in [6, 6.07) is 12.1. The van der Waals surface area contributed by atoms with Gasteiger partial charge in [-0.25, -0.2) is 13.6 Å². The first kappa shape index (κ1) is 19.0. The number of nitrogens with zero attached hydrogens (tertiary/aromatic N) is 1. The van der Waals surface area contributed by atoms with E-state index in [2.05, 4.69) is 5.32 Å². The lowest BCUT2D eigenvalue weighted by atomic mass is 9.89. The molecule has 0 saturated carbocycles. The highest BCUT2D eigenvalue weighted by molar-refractivity contribution is 5.98. The predicted molar refractivity (Wildman–Crippen MR) is 98.4 cm³/mol. The summed E-state index contributed by atoms with van der Waals surface area (Å²) in [6.07, 6.45) is 1.22. The zero-order valence-corrected chi connectivity index (χ0v) is 15.1. The molecule has 0 aliphatic carbocycles. The standard InChI is InChI=1S/C21H22F2N2O2/c1-14(17-7-8-18(22)19(23)13-17)24-21(27)25-11-9-16(10-12-25)20(26)15-5-3-2-4-6-15/h2-8,13-14,16H,9-12H2,1H3,(H,24,27). The number of likely N-dealkylation sites (tertiary alicyclic amines) is 1. The fourth-order valence-corrected chi connectivity index (χ4v) is 3.32. The highest BCUT2D eigenvalue weighted by Gasteiger charge is 2.28. The van der Waals surface area contributed by atoms with Crippen LogP contribution in [0.1, 0.15) is 41.7 Å². The van der Waals surface area contributed by atoms with E-state index in [0.29, 0.717) is 37.1 Å². The minimum absolute atomic E-state index is 0.0833. The lowest BCUT2D eigenvalue weighted by Gasteiger charge is -2.32. The number of urea groups is 1. The van der Waals surface area contributed by atoms with E-state index in [-0.39, 0.29) is 17.7 Å². The maximum Gasteiger partial charge on any atom is 0.317 e. The molecule has 4 nitrogen and oxygen atoms in total. The number of nitrogens with one attached hydrogen (secondary N) is 1. The highest BCUT2D eigenvalue weighted by atomic mass is 19.2. The van der Waals surface area contributed by atoms with Gasteiger partial charge in [0.25, 0.3) is 0 Å². The minimum atomic E-state index is -0.936. The van der Waals surface area contributed by atoms with Crippen molar-refractivity contribution in [3.8, 4) is 0 Å². The molecule has 0 bridgehead atoms. The van der Waals surface area contributed by atoms with Crippen molar-refractivity contribution >= 4 is 11.8 Å². The first-order chi connectivity index (χ1) is 13.0. The van der Waals surface area contributed by atoms with Gasteiger partial charge in [0.2, 0.25) is 0 Å². The van der Waals surface area contributed by atoms with Crippen LogP contribution in [0, 0.1) is 17.6 Å². The second-order valence-corrected chi connectivity index (χ2v) is 6.84. The Morgan fingerprint density at radius 3 is 2.33 bits per heavy atom. The van der Waals surface area contributed by atoms with Crippen molar-refractivity contribution in [1.29, 1.82) is 0 Å². The van der Waals surface area contributed by atoms with Crippen LogP contribution in [0.15, 0.2) is 48.5 Å². The Morgan fingerprint density at radius 2 is 1.70 bits per heavy atom. The van der Waals surface area contributed by atoms with Crippen molar-refractivity contribution in [2.24, 2.45) is 5.92 Å². The van der Waals surface area contributed by atoms with Gasteiger partial charge in [-0.1, -0.05) is 36.4 Å². The van der Waals surface area contributed by atoms with Crippen LogP contribution in [-0.4, -0.2) is 29.8 Å². The summed E-state index contributed by atoms with van der Waals surface area (Å²) in [4.78, 5) is 26.6. The van der Waals surface area contributed by atoms with E-state index in [1.54, 1.807) is 11.8 Å². The summed E-state index contributed by atoms with van der Waals surface area (Å²) in [6.45, 7) is 2.69. The Balaban J connectivity index is 1.53. The number of hydrogen-bond donors (Lipinski definition) is 1. The molecule has 3 rings (SSSR count). The summed E-state index contributed by atoms with van der Waals surface area (Å²) in [5, 5.41) is 2.80. The van der Waals surface area contributed by atoms with Gasteiger partial charge in [-0.15, -0.1) is 0 Å². The van der Waals surface area contributed by atoms with E-state index >= 15 is 0 Å². The number of benzene rings is 2. The van der Waals surface area contributed by atoms with Crippen LogP contribution in [0.5, 0.6) is 0 Å². The Kier molecular flexibility index (Phi) is 5.84. The fourth-order valence-electron chi connectivity index (χ4n) is 3.32. The Hall–Kier alpha value is -2.76. The second kappa shape index (κ2) is 8.29. The third-order valence-corrected chi connectivity index (χ3v) is 4.99. The smallest absolute Gasteiger partial charge is 0.317 e. The Labute approximate surface area is 157 Å². The highest BCUT2D eigenvalue weighted by Crippen LogP contribution is 2.23. The molecule has 1 fully saturated rings. The third-order valence-electron chi connectivity index (χ3n) is 4.99. The number of rotatable bonds is 4. The number of halogens is 2. The molecular weight excluding hydrogens is 350 g/mol. The number of amides is 2. The summed E-state index contributed by atoms with van der Waals surface area (Å²) >= 11 is 0. The lowest BCUT2D eigenvalue weighted by molar-refractivity contribution is 0.0853. The molecule has 1 aliphatic heterocycles. The average molecular weight is 372 g/mol. The Bertz CT molecular complexity index is 818. The van der Waals surface area contributed by atoms with E-state index in [9.17, 15) is 18.4 Å². The van der Waals surface area contributed by atoms with Crippen molar-refractivity contribution < 1.29 is 18.4 Å². The topological polar surface area (TPSA) is 49.4 Å². The fraction of sp³-hybridized carbons (Fsp3) is 0.333. The van der Waals surface area contributed by atoms with Gasteiger partial charge in [-0.3, -0.25) is 4.79 Å². The zero-order valence-electron chi connectivity index (χ0n) is 15.1. The summed E-state index contributed by atoms with van der Waals surface area (Å²) in [7, 11) is 0.